The molecule has 106 valence electrons. The lowest BCUT2D eigenvalue weighted by molar-refractivity contribution is 0.0907. The Morgan fingerprint density at radius 3 is 2.45 bits per heavy atom. The van der Waals surface area contributed by atoms with E-state index >= 15 is 0 Å². The van der Waals surface area contributed by atoms with Gasteiger partial charge < -0.3 is 5.32 Å². The SMILES string of the molecule is N#CC1(NC(=O)c2cccc(F)c2)CCCCCCC1. The Labute approximate surface area is 118 Å². The first kappa shape index (κ1) is 14.5. The van der Waals surface area contributed by atoms with E-state index in [1.807, 2.05) is 0 Å². The van der Waals surface area contributed by atoms with Gasteiger partial charge in [-0.05, 0) is 31.0 Å². The van der Waals surface area contributed by atoms with Crippen molar-refractivity contribution in [2.45, 2.75) is 50.5 Å². The molecule has 1 aliphatic carbocycles. The van der Waals surface area contributed by atoms with Crippen LogP contribution in [0, 0.1) is 17.1 Å². The molecule has 0 bridgehead atoms. The fraction of sp³-hybridized carbons (Fsp3) is 0.500. The Balaban J connectivity index is 2.12. The number of carbonyl (C=O) groups is 1. The summed E-state index contributed by atoms with van der Waals surface area (Å²) in [5, 5.41) is 12.3. The molecule has 0 saturated heterocycles. The van der Waals surface area contributed by atoms with Crippen LogP contribution in [0.5, 0.6) is 0 Å². The van der Waals surface area contributed by atoms with Crippen LogP contribution in [-0.2, 0) is 0 Å². The van der Waals surface area contributed by atoms with Gasteiger partial charge in [0, 0.05) is 5.56 Å². The van der Waals surface area contributed by atoms with Crippen LogP contribution >= 0.6 is 0 Å². The molecule has 1 saturated carbocycles. The summed E-state index contributed by atoms with van der Waals surface area (Å²) in [6.45, 7) is 0. The third kappa shape index (κ3) is 3.57. The van der Waals surface area contributed by atoms with E-state index in [1.165, 1.54) is 24.6 Å². The molecule has 1 N–H and O–H groups in total. The van der Waals surface area contributed by atoms with Crippen LogP contribution in [0.1, 0.15) is 55.3 Å². The Kier molecular flexibility index (Phi) is 4.73. The fourth-order valence-corrected chi connectivity index (χ4v) is 2.69. The first-order chi connectivity index (χ1) is 9.65. The van der Waals surface area contributed by atoms with Gasteiger partial charge in [0.05, 0.1) is 6.07 Å². The smallest absolute Gasteiger partial charge is 0.252 e. The lowest BCUT2D eigenvalue weighted by Gasteiger charge is -2.29. The van der Waals surface area contributed by atoms with Crippen LogP contribution in [0.4, 0.5) is 4.39 Å². The minimum Gasteiger partial charge on any atom is -0.334 e. The van der Waals surface area contributed by atoms with Crippen LogP contribution in [0.15, 0.2) is 24.3 Å². The summed E-state index contributed by atoms with van der Waals surface area (Å²) in [4.78, 5) is 12.2. The largest absolute Gasteiger partial charge is 0.334 e. The number of nitrogens with zero attached hydrogens (tertiary/aromatic N) is 1. The number of amides is 1. The highest BCUT2D eigenvalue weighted by molar-refractivity contribution is 5.94. The second-order valence-electron chi connectivity index (χ2n) is 5.43. The van der Waals surface area contributed by atoms with E-state index in [1.54, 1.807) is 6.07 Å². The average molecular weight is 274 g/mol. The van der Waals surface area contributed by atoms with E-state index in [0.29, 0.717) is 12.8 Å². The van der Waals surface area contributed by atoms with E-state index in [4.69, 9.17) is 0 Å². The molecule has 0 atom stereocenters. The van der Waals surface area contributed by atoms with Crippen molar-refractivity contribution in [2.24, 2.45) is 0 Å². The summed E-state index contributed by atoms with van der Waals surface area (Å²) in [5.41, 5.74) is -0.536. The monoisotopic (exact) mass is 274 g/mol. The lowest BCUT2D eigenvalue weighted by Crippen LogP contribution is -2.47. The summed E-state index contributed by atoms with van der Waals surface area (Å²) in [6.07, 6.45) is 6.61. The van der Waals surface area contributed by atoms with Crippen molar-refractivity contribution in [1.29, 1.82) is 5.26 Å². The number of rotatable bonds is 2. The van der Waals surface area contributed by atoms with Gasteiger partial charge >= 0.3 is 0 Å². The summed E-state index contributed by atoms with van der Waals surface area (Å²) in [5.74, 6) is -0.812. The summed E-state index contributed by atoms with van der Waals surface area (Å²) < 4.78 is 13.2. The van der Waals surface area contributed by atoms with Crippen molar-refractivity contribution in [3.63, 3.8) is 0 Å². The zero-order valence-electron chi connectivity index (χ0n) is 11.5. The van der Waals surface area contributed by atoms with Crippen molar-refractivity contribution in [3.05, 3.63) is 35.6 Å². The predicted octanol–water partition coefficient (Wildman–Crippen LogP) is 3.56. The molecule has 1 aromatic rings. The van der Waals surface area contributed by atoms with Crippen LogP contribution in [-0.4, -0.2) is 11.4 Å². The minimum atomic E-state index is -0.802. The van der Waals surface area contributed by atoms with Gasteiger partial charge in [-0.3, -0.25) is 4.79 Å². The zero-order chi connectivity index (χ0) is 14.4. The maximum Gasteiger partial charge on any atom is 0.252 e. The normalized spacial score (nSPS) is 18.4. The second kappa shape index (κ2) is 6.51. The van der Waals surface area contributed by atoms with Crippen molar-refractivity contribution >= 4 is 5.91 Å². The van der Waals surface area contributed by atoms with Crippen molar-refractivity contribution in [2.75, 3.05) is 0 Å². The highest BCUT2D eigenvalue weighted by atomic mass is 19.1. The number of hydrogen-bond acceptors (Lipinski definition) is 2. The third-order valence-electron chi connectivity index (χ3n) is 3.86. The highest BCUT2D eigenvalue weighted by Crippen LogP contribution is 2.26. The van der Waals surface area contributed by atoms with E-state index in [2.05, 4.69) is 11.4 Å². The zero-order valence-corrected chi connectivity index (χ0v) is 11.5. The molecule has 1 fully saturated rings. The van der Waals surface area contributed by atoms with E-state index in [-0.39, 0.29) is 11.5 Å². The first-order valence-electron chi connectivity index (χ1n) is 7.15. The van der Waals surface area contributed by atoms with Crippen LogP contribution in [0.2, 0.25) is 0 Å². The maximum absolute atomic E-state index is 13.2. The van der Waals surface area contributed by atoms with Crippen LogP contribution in [0.25, 0.3) is 0 Å². The van der Waals surface area contributed by atoms with Crippen LogP contribution < -0.4 is 5.32 Å². The Morgan fingerprint density at radius 1 is 1.20 bits per heavy atom. The van der Waals surface area contributed by atoms with Crippen molar-refractivity contribution in [3.8, 4) is 6.07 Å². The molecule has 0 radical (unpaired) electrons. The highest BCUT2D eigenvalue weighted by Gasteiger charge is 2.32. The third-order valence-corrected chi connectivity index (χ3v) is 3.86. The predicted molar refractivity (Wildman–Crippen MR) is 74.5 cm³/mol. The number of halogens is 1. The molecule has 1 aliphatic rings. The summed E-state index contributed by atoms with van der Waals surface area (Å²) >= 11 is 0. The van der Waals surface area contributed by atoms with Gasteiger partial charge in [-0.15, -0.1) is 0 Å². The van der Waals surface area contributed by atoms with Gasteiger partial charge in [0.25, 0.3) is 5.91 Å². The number of hydrogen-bond donors (Lipinski definition) is 1. The van der Waals surface area contributed by atoms with Gasteiger partial charge in [0.2, 0.25) is 0 Å². The molecule has 0 unspecified atom stereocenters. The first-order valence-corrected chi connectivity index (χ1v) is 7.15. The number of carbonyl (C=O) groups excluding carboxylic acids is 1. The Bertz CT molecular complexity index is 513. The van der Waals surface area contributed by atoms with Crippen molar-refractivity contribution in [1.82, 2.24) is 5.32 Å². The van der Waals surface area contributed by atoms with Gasteiger partial charge in [-0.25, -0.2) is 4.39 Å². The standard InChI is InChI=1S/C16H19FN2O/c17-14-8-6-7-13(11-14)15(20)19-16(12-18)9-4-2-1-3-5-10-16/h6-8,11H,1-5,9-10H2,(H,19,20). The second-order valence-corrected chi connectivity index (χ2v) is 5.43. The molecule has 0 spiro atoms. The molecule has 0 aliphatic heterocycles. The van der Waals surface area contributed by atoms with Crippen molar-refractivity contribution < 1.29 is 9.18 Å². The fourth-order valence-electron chi connectivity index (χ4n) is 2.69. The Morgan fingerprint density at radius 2 is 1.85 bits per heavy atom. The van der Waals surface area contributed by atoms with Crippen LogP contribution in [0.3, 0.4) is 0 Å². The van der Waals surface area contributed by atoms with Gasteiger partial charge in [0.15, 0.2) is 0 Å². The average Bonchev–Trinajstić information content (AvgIpc) is 2.42. The summed E-state index contributed by atoms with van der Waals surface area (Å²) in [6, 6.07) is 7.83. The molecule has 1 aromatic carbocycles. The molecule has 0 aromatic heterocycles. The molecule has 1 amide bonds. The molecule has 2 rings (SSSR count). The van der Waals surface area contributed by atoms with E-state index < -0.39 is 11.4 Å². The number of benzene rings is 1. The van der Waals surface area contributed by atoms with Gasteiger partial charge in [0.1, 0.15) is 11.4 Å². The summed E-state index contributed by atoms with van der Waals surface area (Å²) in [7, 11) is 0. The molecular formula is C16H19FN2O. The molecule has 20 heavy (non-hydrogen) atoms. The number of nitrogens with one attached hydrogen (secondary N) is 1. The minimum absolute atomic E-state index is 0.265. The van der Waals surface area contributed by atoms with E-state index in [0.717, 1.165) is 25.7 Å². The van der Waals surface area contributed by atoms with Gasteiger partial charge in [-0.2, -0.15) is 5.26 Å². The van der Waals surface area contributed by atoms with E-state index in [9.17, 15) is 14.4 Å². The molecule has 3 nitrogen and oxygen atoms in total. The molecule has 0 heterocycles. The quantitative estimate of drug-likeness (QED) is 0.896. The number of nitriles is 1. The van der Waals surface area contributed by atoms with Gasteiger partial charge in [-0.1, -0.05) is 38.2 Å². The molecule has 4 heteroatoms. The maximum atomic E-state index is 13.2. The molecular weight excluding hydrogens is 255 g/mol. The Hall–Kier alpha value is -1.89. The lowest BCUT2D eigenvalue weighted by atomic mass is 9.85. The topological polar surface area (TPSA) is 52.9 Å².